The van der Waals surface area contributed by atoms with Crippen molar-refractivity contribution in [2.75, 3.05) is 13.7 Å². The highest BCUT2D eigenvalue weighted by Gasteiger charge is 2.41. The highest BCUT2D eigenvalue weighted by Crippen LogP contribution is 2.46. The molecule has 1 aliphatic carbocycles. The Labute approximate surface area is 229 Å². The molecule has 0 unspecified atom stereocenters. The van der Waals surface area contributed by atoms with Crippen molar-refractivity contribution in [1.82, 2.24) is 5.32 Å². The van der Waals surface area contributed by atoms with E-state index in [0.29, 0.717) is 36.3 Å². The van der Waals surface area contributed by atoms with E-state index in [1.54, 1.807) is 14.0 Å². The molecule has 0 spiro atoms. The van der Waals surface area contributed by atoms with Crippen molar-refractivity contribution in [2.24, 2.45) is 0 Å². The SMILES string of the molecule is CCOC(=O)C1=C(C)NC2=C(C(=O)C[C@H](c3ccc(OC)cc3)C2)[C@@H]1c1ccc(OCc2ccccc2)cc1. The van der Waals surface area contributed by atoms with E-state index >= 15 is 0 Å². The maximum absolute atomic E-state index is 13.8. The number of ketones is 1. The van der Waals surface area contributed by atoms with Crippen LogP contribution in [0.1, 0.15) is 55.2 Å². The first-order valence-electron chi connectivity index (χ1n) is 13.3. The van der Waals surface area contributed by atoms with Crippen LogP contribution in [-0.4, -0.2) is 25.5 Å². The lowest BCUT2D eigenvalue weighted by atomic mass is 9.71. The zero-order chi connectivity index (χ0) is 27.4. The van der Waals surface area contributed by atoms with Gasteiger partial charge in [-0.3, -0.25) is 4.79 Å². The summed E-state index contributed by atoms with van der Waals surface area (Å²) in [5.74, 6) is 0.667. The molecule has 2 atom stereocenters. The molecular weight excluding hydrogens is 490 g/mol. The molecule has 0 fully saturated rings. The maximum atomic E-state index is 13.8. The molecule has 2 aliphatic rings. The van der Waals surface area contributed by atoms with Crippen molar-refractivity contribution in [3.8, 4) is 11.5 Å². The molecular formula is C33H33NO5. The summed E-state index contributed by atoms with van der Waals surface area (Å²) in [7, 11) is 1.64. The largest absolute Gasteiger partial charge is 0.497 e. The standard InChI is InChI=1S/C33H33NO5/c1-4-38-33(36)30-21(2)34-28-18-25(23-10-14-26(37-3)15-11-23)19-29(35)32(28)31(30)24-12-16-27(17-13-24)39-20-22-8-6-5-7-9-22/h5-17,25,31,34H,4,18-20H2,1-3H3/t25-,31-/m1/s1. The Hall–Kier alpha value is -4.32. The average molecular weight is 524 g/mol. The molecule has 0 radical (unpaired) electrons. The molecule has 0 bridgehead atoms. The topological polar surface area (TPSA) is 73.9 Å². The molecule has 3 aromatic rings. The number of hydrogen-bond acceptors (Lipinski definition) is 6. The van der Waals surface area contributed by atoms with Crippen molar-refractivity contribution < 1.29 is 23.8 Å². The van der Waals surface area contributed by atoms with Crippen LogP contribution in [0.3, 0.4) is 0 Å². The third kappa shape index (κ3) is 5.60. The third-order valence-electron chi connectivity index (χ3n) is 7.37. The molecule has 6 heteroatoms. The first kappa shape index (κ1) is 26.3. The summed E-state index contributed by atoms with van der Waals surface area (Å²) in [6.07, 6.45) is 1.05. The number of nitrogens with one attached hydrogen (secondary N) is 1. The number of ether oxygens (including phenoxy) is 3. The van der Waals surface area contributed by atoms with Gasteiger partial charge in [-0.1, -0.05) is 54.6 Å². The zero-order valence-electron chi connectivity index (χ0n) is 22.5. The molecule has 1 aliphatic heterocycles. The van der Waals surface area contributed by atoms with Crippen LogP contribution < -0.4 is 14.8 Å². The van der Waals surface area contributed by atoms with Crippen molar-refractivity contribution in [3.63, 3.8) is 0 Å². The van der Waals surface area contributed by atoms with Crippen molar-refractivity contribution in [1.29, 1.82) is 0 Å². The van der Waals surface area contributed by atoms with Gasteiger partial charge in [-0.2, -0.15) is 0 Å². The number of dihydropyridines is 1. The number of benzene rings is 3. The van der Waals surface area contributed by atoms with Crippen molar-refractivity contribution in [2.45, 2.75) is 45.1 Å². The Balaban J connectivity index is 1.46. The Morgan fingerprint density at radius 2 is 1.56 bits per heavy atom. The van der Waals surface area contributed by atoms with Gasteiger partial charge in [0.2, 0.25) is 0 Å². The smallest absolute Gasteiger partial charge is 0.336 e. The number of Topliss-reactive ketones (excluding diaryl/α,β-unsaturated/α-hetero) is 1. The summed E-state index contributed by atoms with van der Waals surface area (Å²) in [5.41, 5.74) is 5.73. The second-order valence-corrected chi connectivity index (χ2v) is 9.85. The van der Waals surface area contributed by atoms with Gasteiger partial charge in [0, 0.05) is 29.3 Å². The average Bonchev–Trinajstić information content (AvgIpc) is 2.96. The van der Waals surface area contributed by atoms with Crippen molar-refractivity contribution >= 4 is 11.8 Å². The minimum atomic E-state index is -0.507. The van der Waals surface area contributed by atoms with Crippen LogP contribution in [-0.2, 0) is 20.9 Å². The zero-order valence-corrected chi connectivity index (χ0v) is 22.5. The molecule has 0 aromatic heterocycles. The van der Waals surface area contributed by atoms with Gasteiger partial charge in [0.25, 0.3) is 0 Å². The predicted molar refractivity (Wildman–Crippen MR) is 149 cm³/mol. The Bertz CT molecular complexity index is 1400. The fourth-order valence-electron chi connectivity index (χ4n) is 5.46. The quantitative estimate of drug-likeness (QED) is 0.355. The molecule has 0 saturated heterocycles. The molecule has 3 aromatic carbocycles. The van der Waals surface area contributed by atoms with E-state index < -0.39 is 11.9 Å². The number of esters is 1. The van der Waals surface area contributed by atoms with Gasteiger partial charge in [0.15, 0.2) is 5.78 Å². The maximum Gasteiger partial charge on any atom is 0.336 e. The molecule has 39 heavy (non-hydrogen) atoms. The minimum Gasteiger partial charge on any atom is -0.497 e. The highest BCUT2D eigenvalue weighted by molar-refractivity contribution is 6.04. The summed E-state index contributed by atoms with van der Waals surface area (Å²) in [5, 5.41) is 3.40. The second-order valence-electron chi connectivity index (χ2n) is 9.85. The van der Waals surface area contributed by atoms with Crippen LogP contribution in [0, 0.1) is 0 Å². The summed E-state index contributed by atoms with van der Waals surface area (Å²) < 4.78 is 16.7. The first-order valence-corrected chi connectivity index (χ1v) is 13.3. The number of hydrogen-bond donors (Lipinski definition) is 1. The van der Waals surface area contributed by atoms with Gasteiger partial charge in [0.1, 0.15) is 18.1 Å². The molecule has 0 amide bonds. The lowest BCUT2D eigenvalue weighted by Crippen LogP contribution is -2.36. The number of carbonyl (C=O) groups is 2. The summed E-state index contributed by atoms with van der Waals surface area (Å²) in [6.45, 7) is 4.38. The van der Waals surface area contributed by atoms with Crippen LogP contribution >= 0.6 is 0 Å². The van der Waals surface area contributed by atoms with E-state index in [2.05, 4.69) is 5.32 Å². The van der Waals surface area contributed by atoms with E-state index in [-0.39, 0.29) is 18.3 Å². The summed E-state index contributed by atoms with van der Waals surface area (Å²) >= 11 is 0. The number of allylic oxidation sites excluding steroid dienone is 3. The van der Waals surface area contributed by atoms with Crippen molar-refractivity contribution in [3.05, 3.63) is 118 Å². The minimum absolute atomic E-state index is 0.0354. The Morgan fingerprint density at radius 1 is 0.897 bits per heavy atom. The number of rotatable bonds is 8. The molecule has 6 nitrogen and oxygen atoms in total. The fraction of sp³-hybridized carbons (Fsp3) is 0.273. The van der Waals surface area contributed by atoms with Gasteiger partial charge in [-0.05, 0) is 67.1 Å². The van der Waals surface area contributed by atoms with E-state index in [9.17, 15) is 9.59 Å². The molecule has 200 valence electrons. The van der Waals surface area contributed by atoms with Gasteiger partial charge < -0.3 is 19.5 Å². The van der Waals surface area contributed by atoms with E-state index in [4.69, 9.17) is 14.2 Å². The lowest BCUT2D eigenvalue weighted by Gasteiger charge is -2.36. The highest BCUT2D eigenvalue weighted by atomic mass is 16.5. The first-order chi connectivity index (χ1) is 19.0. The Kier molecular flexibility index (Phi) is 7.82. The van der Waals surface area contributed by atoms with Crippen LogP contribution in [0.25, 0.3) is 0 Å². The van der Waals surface area contributed by atoms with Crippen LogP contribution in [0.4, 0.5) is 0 Å². The second kappa shape index (κ2) is 11.6. The van der Waals surface area contributed by atoms with Crippen LogP contribution in [0.2, 0.25) is 0 Å². The van der Waals surface area contributed by atoms with Crippen LogP contribution in [0.5, 0.6) is 11.5 Å². The number of carbonyl (C=O) groups excluding carboxylic acids is 2. The van der Waals surface area contributed by atoms with E-state index in [0.717, 1.165) is 33.9 Å². The fourth-order valence-corrected chi connectivity index (χ4v) is 5.46. The monoisotopic (exact) mass is 523 g/mol. The van der Waals surface area contributed by atoms with E-state index in [1.807, 2.05) is 85.8 Å². The van der Waals surface area contributed by atoms with Gasteiger partial charge in [-0.25, -0.2) is 4.79 Å². The van der Waals surface area contributed by atoms with E-state index in [1.165, 1.54) is 0 Å². The van der Waals surface area contributed by atoms with Gasteiger partial charge >= 0.3 is 5.97 Å². The summed E-state index contributed by atoms with van der Waals surface area (Å²) in [4.78, 5) is 26.9. The Morgan fingerprint density at radius 3 is 2.23 bits per heavy atom. The molecule has 0 saturated carbocycles. The molecule has 1 heterocycles. The predicted octanol–water partition coefficient (Wildman–Crippen LogP) is 6.20. The lowest BCUT2D eigenvalue weighted by molar-refractivity contribution is -0.138. The molecule has 1 N–H and O–H groups in total. The van der Waals surface area contributed by atoms with Crippen LogP contribution in [0.15, 0.2) is 101 Å². The number of methoxy groups -OCH3 is 1. The normalized spacial score (nSPS) is 18.8. The third-order valence-corrected chi connectivity index (χ3v) is 7.37. The molecule has 5 rings (SSSR count). The van der Waals surface area contributed by atoms with Gasteiger partial charge in [-0.15, -0.1) is 0 Å². The van der Waals surface area contributed by atoms with Gasteiger partial charge in [0.05, 0.1) is 19.3 Å². The summed E-state index contributed by atoms with van der Waals surface area (Å²) in [6, 6.07) is 25.5.